The lowest BCUT2D eigenvalue weighted by atomic mass is 10.1. The predicted molar refractivity (Wildman–Crippen MR) is 75.2 cm³/mol. The van der Waals surface area contributed by atoms with Crippen LogP contribution in [-0.2, 0) is 6.54 Å². The van der Waals surface area contributed by atoms with E-state index in [1.54, 1.807) is 23.4 Å². The van der Waals surface area contributed by atoms with E-state index in [9.17, 15) is 14.3 Å². The van der Waals surface area contributed by atoms with E-state index in [2.05, 4.69) is 4.98 Å². The Labute approximate surface area is 121 Å². The molecule has 1 aliphatic carbocycles. The van der Waals surface area contributed by atoms with E-state index in [0.717, 1.165) is 18.4 Å². The molecule has 0 aliphatic heterocycles. The van der Waals surface area contributed by atoms with Crippen molar-refractivity contribution < 1.29 is 14.3 Å². The molecule has 1 aliphatic rings. The summed E-state index contributed by atoms with van der Waals surface area (Å²) in [5.41, 5.74) is 0.627. The number of carbonyl (C=O) groups is 1. The molecule has 1 amide bonds. The fourth-order valence-electron chi connectivity index (χ4n) is 2.31. The molecule has 108 valence electrons. The number of hydrogen-bond acceptors (Lipinski definition) is 3. The molecule has 1 aromatic heterocycles. The largest absolute Gasteiger partial charge is 0.507 e. The van der Waals surface area contributed by atoms with Crippen LogP contribution in [0.5, 0.6) is 5.75 Å². The number of amides is 1. The summed E-state index contributed by atoms with van der Waals surface area (Å²) in [6, 6.07) is 7.66. The molecular weight excluding hydrogens is 271 g/mol. The normalized spacial score (nSPS) is 14.0. The number of hydrogen-bond donors (Lipinski definition) is 1. The topological polar surface area (TPSA) is 53.4 Å². The standard InChI is InChI=1S/C16H15FN2O2/c17-13-4-1-5-14(20)15(13)16(21)19(12-6-7-12)10-11-3-2-8-18-9-11/h1-5,8-9,12,20H,6-7,10H2. The Bertz CT molecular complexity index is 636. The third-order valence-electron chi connectivity index (χ3n) is 3.53. The summed E-state index contributed by atoms with van der Waals surface area (Å²) in [5.74, 6) is -1.49. The van der Waals surface area contributed by atoms with Crippen LogP contribution in [-0.4, -0.2) is 26.9 Å². The van der Waals surface area contributed by atoms with Gasteiger partial charge in [-0.1, -0.05) is 12.1 Å². The van der Waals surface area contributed by atoms with E-state index in [1.165, 1.54) is 18.2 Å². The quantitative estimate of drug-likeness (QED) is 0.940. The number of aromatic hydroxyl groups is 1. The zero-order chi connectivity index (χ0) is 14.8. The minimum atomic E-state index is -0.697. The molecule has 0 atom stereocenters. The molecule has 2 aromatic rings. The Morgan fingerprint density at radius 3 is 2.76 bits per heavy atom. The highest BCUT2D eigenvalue weighted by Gasteiger charge is 2.35. The monoisotopic (exact) mass is 286 g/mol. The number of phenolic OH excluding ortho intramolecular Hbond substituents is 1. The van der Waals surface area contributed by atoms with Crippen molar-refractivity contribution in [3.05, 3.63) is 59.7 Å². The Morgan fingerprint density at radius 1 is 1.33 bits per heavy atom. The van der Waals surface area contributed by atoms with Crippen molar-refractivity contribution in [3.63, 3.8) is 0 Å². The number of halogens is 1. The fourth-order valence-corrected chi connectivity index (χ4v) is 2.31. The summed E-state index contributed by atoms with van der Waals surface area (Å²) in [6.07, 6.45) is 5.15. The van der Waals surface area contributed by atoms with Gasteiger partial charge in [-0.25, -0.2) is 4.39 Å². The molecule has 0 spiro atoms. The van der Waals surface area contributed by atoms with E-state index in [0.29, 0.717) is 6.54 Å². The number of rotatable bonds is 4. The summed E-state index contributed by atoms with van der Waals surface area (Å²) in [5, 5.41) is 9.78. The summed E-state index contributed by atoms with van der Waals surface area (Å²) in [7, 11) is 0. The Hall–Kier alpha value is -2.43. The minimum absolute atomic E-state index is 0.108. The SMILES string of the molecule is O=C(c1c(O)cccc1F)N(Cc1cccnc1)C1CC1. The van der Waals surface area contributed by atoms with Crippen molar-refractivity contribution in [2.75, 3.05) is 0 Å². The molecule has 1 heterocycles. The Balaban J connectivity index is 1.89. The molecule has 0 unspecified atom stereocenters. The van der Waals surface area contributed by atoms with Gasteiger partial charge in [0.1, 0.15) is 17.1 Å². The van der Waals surface area contributed by atoms with Gasteiger partial charge < -0.3 is 10.0 Å². The number of carbonyl (C=O) groups excluding carboxylic acids is 1. The lowest BCUT2D eigenvalue weighted by molar-refractivity contribution is 0.0721. The van der Waals surface area contributed by atoms with Crippen LogP contribution in [0.15, 0.2) is 42.7 Å². The molecule has 0 saturated heterocycles. The zero-order valence-corrected chi connectivity index (χ0v) is 11.4. The van der Waals surface area contributed by atoms with E-state index in [4.69, 9.17) is 0 Å². The average molecular weight is 286 g/mol. The Kier molecular flexibility index (Phi) is 3.56. The van der Waals surface area contributed by atoms with Crippen molar-refractivity contribution in [2.24, 2.45) is 0 Å². The number of benzene rings is 1. The molecule has 21 heavy (non-hydrogen) atoms. The van der Waals surface area contributed by atoms with Gasteiger partial charge in [0, 0.05) is 25.0 Å². The molecule has 4 nitrogen and oxygen atoms in total. The van der Waals surface area contributed by atoms with Crippen LogP contribution in [0, 0.1) is 5.82 Å². The summed E-state index contributed by atoms with van der Waals surface area (Å²) < 4.78 is 13.9. The molecule has 5 heteroatoms. The van der Waals surface area contributed by atoms with Gasteiger partial charge in [-0.3, -0.25) is 9.78 Å². The minimum Gasteiger partial charge on any atom is -0.507 e. The summed E-state index contributed by atoms with van der Waals surface area (Å²) in [6.45, 7) is 0.366. The highest BCUT2D eigenvalue weighted by atomic mass is 19.1. The molecule has 3 rings (SSSR count). The first kappa shape index (κ1) is 13.5. The van der Waals surface area contributed by atoms with E-state index >= 15 is 0 Å². The second kappa shape index (κ2) is 5.52. The van der Waals surface area contributed by atoms with Gasteiger partial charge >= 0.3 is 0 Å². The van der Waals surface area contributed by atoms with Crippen LogP contribution in [0.3, 0.4) is 0 Å². The second-order valence-corrected chi connectivity index (χ2v) is 5.16. The fraction of sp³-hybridized carbons (Fsp3) is 0.250. The lowest BCUT2D eigenvalue weighted by Crippen LogP contribution is -2.33. The van der Waals surface area contributed by atoms with Crippen molar-refractivity contribution in [1.82, 2.24) is 9.88 Å². The molecule has 1 fully saturated rings. The van der Waals surface area contributed by atoms with Crippen LogP contribution in [0.4, 0.5) is 4.39 Å². The second-order valence-electron chi connectivity index (χ2n) is 5.16. The van der Waals surface area contributed by atoms with Crippen LogP contribution >= 0.6 is 0 Å². The molecule has 0 bridgehead atoms. The van der Waals surface area contributed by atoms with Gasteiger partial charge in [0.2, 0.25) is 0 Å². The van der Waals surface area contributed by atoms with E-state index in [-0.39, 0.29) is 17.4 Å². The first-order valence-corrected chi connectivity index (χ1v) is 6.84. The van der Waals surface area contributed by atoms with E-state index in [1.807, 2.05) is 6.07 Å². The van der Waals surface area contributed by atoms with Crippen molar-refractivity contribution in [3.8, 4) is 5.75 Å². The van der Waals surface area contributed by atoms with Gasteiger partial charge in [-0.2, -0.15) is 0 Å². The zero-order valence-electron chi connectivity index (χ0n) is 11.4. The first-order chi connectivity index (χ1) is 10.2. The maximum atomic E-state index is 13.9. The smallest absolute Gasteiger partial charge is 0.261 e. The Morgan fingerprint density at radius 2 is 2.14 bits per heavy atom. The highest BCUT2D eigenvalue weighted by Crippen LogP contribution is 2.32. The number of nitrogens with zero attached hydrogens (tertiary/aromatic N) is 2. The van der Waals surface area contributed by atoms with Crippen LogP contribution < -0.4 is 0 Å². The van der Waals surface area contributed by atoms with Gasteiger partial charge in [-0.15, -0.1) is 0 Å². The number of aromatic nitrogens is 1. The summed E-state index contributed by atoms with van der Waals surface area (Å²) >= 11 is 0. The maximum Gasteiger partial charge on any atom is 0.261 e. The van der Waals surface area contributed by atoms with Gasteiger partial charge in [0.25, 0.3) is 5.91 Å². The summed E-state index contributed by atoms with van der Waals surface area (Å²) in [4.78, 5) is 18.2. The molecule has 1 saturated carbocycles. The van der Waals surface area contributed by atoms with Gasteiger partial charge in [-0.05, 0) is 36.6 Å². The van der Waals surface area contributed by atoms with Crippen molar-refractivity contribution >= 4 is 5.91 Å². The number of pyridine rings is 1. The molecular formula is C16H15FN2O2. The van der Waals surface area contributed by atoms with E-state index < -0.39 is 11.7 Å². The maximum absolute atomic E-state index is 13.9. The van der Waals surface area contributed by atoms with Crippen LogP contribution in [0.2, 0.25) is 0 Å². The van der Waals surface area contributed by atoms with Crippen LogP contribution in [0.1, 0.15) is 28.8 Å². The third kappa shape index (κ3) is 2.86. The lowest BCUT2D eigenvalue weighted by Gasteiger charge is -2.23. The van der Waals surface area contributed by atoms with Crippen molar-refractivity contribution in [1.29, 1.82) is 0 Å². The average Bonchev–Trinajstić information content (AvgIpc) is 3.30. The van der Waals surface area contributed by atoms with Crippen molar-refractivity contribution in [2.45, 2.75) is 25.4 Å². The first-order valence-electron chi connectivity index (χ1n) is 6.84. The van der Waals surface area contributed by atoms with Gasteiger partial charge in [0.05, 0.1) is 0 Å². The molecule has 1 N–H and O–H groups in total. The molecule has 1 aromatic carbocycles. The predicted octanol–water partition coefficient (Wildman–Crippen LogP) is 2.73. The third-order valence-corrected chi connectivity index (χ3v) is 3.53. The molecule has 0 radical (unpaired) electrons. The van der Waals surface area contributed by atoms with Crippen LogP contribution in [0.25, 0.3) is 0 Å². The highest BCUT2D eigenvalue weighted by molar-refractivity contribution is 5.97. The van der Waals surface area contributed by atoms with Gasteiger partial charge in [0.15, 0.2) is 0 Å². The number of phenols is 1.